The normalized spacial score (nSPS) is 18.1. The van der Waals surface area contributed by atoms with Gasteiger partial charge in [-0.25, -0.2) is 14.4 Å². The summed E-state index contributed by atoms with van der Waals surface area (Å²) < 4.78 is 66.7. The molecule has 1 aromatic carbocycles. The second-order valence-electron chi connectivity index (χ2n) is 9.83. The summed E-state index contributed by atoms with van der Waals surface area (Å²) in [6.07, 6.45) is 2.52. The maximum atomic E-state index is 14.8. The first-order valence-electron chi connectivity index (χ1n) is 12.5. The lowest BCUT2D eigenvalue weighted by molar-refractivity contribution is -0.165. The van der Waals surface area contributed by atoms with Gasteiger partial charge in [0, 0.05) is 36.8 Å². The highest BCUT2D eigenvalue weighted by molar-refractivity contribution is 5.91. The van der Waals surface area contributed by atoms with Gasteiger partial charge in [0.15, 0.2) is 11.6 Å². The van der Waals surface area contributed by atoms with Gasteiger partial charge < -0.3 is 19.9 Å². The Morgan fingerprint density at radius 1 is 1.12 bits per heavy atom. The van der Waals surface area contributed by atoms with Crippen LogP contribution in [0.3, 0.4) is 0 Å². The van der Waals surface area contributed by atoms with Crippen LogP contribution >= 0.6 is 0 Å². The molecule has 1 saturated heterocycles. The molecule has 1 atom stereocenters. The van der Waals surface area contributed by atoms with Gasteiger partial charge in [-0.2, -0.15) is 18.3 Å². The molecule has 2 N–H and O–H groups in total. The first-order chi connectivity index (χ1) is 19.2. The number of rotatable bonds is 8. The van der Waals surface area contributed by atoms with E-state index in [1.807, 2.05) is 10.9 Å². The van der Waals surface area contributed by atoms with Gasteiger partial charge in [0.2, 0.25) is 11.9 Å². The van der Waals surface area contributed by atoms with Gasteiger partial charge in [-0.05, 0) is 36.5 Å². The van der Waals surface area contributed by atoms with Crippen molar-refractivity contribution >= 4 is 23.4 Å². The number of hydrogen-bond acceptors (Lipinski definition) is 8. The Morgan fingerprint density at radius 2 is 1.93 bits per heavy atom. The van der Waals surface area contributed by atoms with E-state index < -0.39 is 23.3 Å². The maximum absolute atomic E-state index is 14.8. The van der Waals surface area contributed by atoms with E-state index in [0.717, 1.165) is 18.2 Å². The summed E-state index contributed by atoms with van der Waals surface area (Å²) in [4.78, 5) is 21.0. The summed E-state index contributed by atoms with van der Waals surface area (Å²) >= 11 is 0. The van der Waals surface area contributed by atoms with E-state index in [9.17, 15) is 22.4 Å². The van der Waals surface area contributed by atoms with Crippen molar-refractivity contribution in [3.05, 3.63) is 66.2 Å². The Labute approximate surface area is 224 Å². The van der Waals surface area contributed by atoms with E-state index in [4.69, 9.17) is 9.26 Å². The van der Waals surface area contributed by atoms with Gasteiger partial charge in [0.1, 0.15) is 11.2 Å². The molecule has 4 heterocycles. The smallest absolute Gasteiger partial charge is 0.379 e. The molecule has 1 amide bonds. The van der Waals surface area contributed by atoms with Crippen molar-refractivity contribution in [2.75, 3.05) is 23.8 Å². The van der Waals surface area contributed by atoms with E-state index in [1.54, 1.807) is 24.7 Å². The number of halogens is 4. The number of carbonyl (C=O) groups is 1. The predicted molar refractivity (Wildman–Crippen MR) is 133 cm³/mol. The van der Waals surface area contributed by atoms with Crippen LogP contribution in [0.5, 0.6) is 0 Å². The quantitative estimate of drug-likeness (QED) is 0.292. The van der Waals surface area contributed by atoms with Crippen molar-refractivity contribution in [1.82, 2.24) is 24.9 Å². The topological polar surface area (TPSA) is 120 Å². The molecule has 1 saturated carbocycles. The number of anilines is 3. The zero-order chi connectivity index (χ0) is 27.9. The van der Waals surface area contributed by atoms with Crippen molar-refractivity contribution in [2.45, 2.75) is 43.3 Å². The molecule has 1 unspecified atom stereocenters. The van der Waals surface area contributed by atoms with Crippen molar-refractivity contribution in [3.8, 4) is 11.1 Å². The number of hydrogen-bond donors (Lipinski definition) is 2. The predicted octanol–water partition coefficient (Wildman–Crippen LogP) is 4.95. The third-order valence-electron chi connectivity index (χ3n) is 7.07. The SMILES string of the molecule is O=C(Cc1ccc(-c2cnc(Nc3cnn(C4CCOC4)c3)nc2)cc1F)Nc1cc(C2(C(F)(F)F)CC2)on1. The van der Waals surface area contributed by atoms with E-state index in [2.05, 4.69) is 30.9 Å². The average molecular weight is 558 g/mol. The highest BCUT2D eigenvalue weighted by Gasteiger charge is 2.66. The first-order valence-corrected chi connectivity index (χ1v) is 12.5. The Bertz CT molecular complexity index is 1520. The van der Waals surface area contributed by atoms with Gasteiger partial charge in [-0.15, -0.1) is 0 Å². The average Bonchev–Trinajstić information content (AvgIpc) is 3.27. The molecule has 1 aliphatic heterocycles. The van der Waals surface area contributed by atoms with Crippen LogP contribution in [-0.2, 0) is 21.4 Å². The fraction of sp³-hybridized carbons (Fsp3) is 0.346. The number of ether oxygens (including phenoxy) is 1. The first kappa shape index (κ1) is 25.9. The fourth-order valence-electron chi connectivity index (χ4n) is 4.59. The minimum atomic E-state index is -4.46. The van der Waals surface area contributed by atoms with E-state index in [1.165, 1.54) is 12.1 Å². The molecule has 208 valence electrons. The highest BCUT2D eigenvalue weighted by atomic mass is 19.4. The minimum Gasteiger partial charge on any atom is -0.379 e. The van der Waals surface area contributed by atoms with Crippen molar-refractivity contribution in [1.29, 1.82) is 0 Å². The number of aromatic nitrogens is 5. The van der Waals surface area contributed by atoms with Crippen LogP contribution in [0, 0.1) is 5.82 Å². The fourth-order valence-corrected chi connectivity index (χ4v) is 4.59. The van der Waals surface area contributed by atoms with Crippen LogP contribution in [0.25, 0.3) is 11.1 Å². The van der Waals surface area contributed by atoms with Crippen LogP contribution < -0.4 is 10.6 Å². The van der Waals surface area contributed by atoms with Gasteiger partial charge in [-0.3, -0.25) is 9.48 Å². The Kier molecular flexibility index (Phi) is 6.49. The van der Waals surface area contributed by atoms with Crippen molar-refractivity contribution in [3.63, 3.8) is 0 Å². The molecule has 2 aliphatic rings. The van der Waals surface area contributed by atoms with Crippen LogP contribution in [0.2, 0.25) is 0 Å². The van der Waals surface area contributed by atoms with Gasteiger partial charge in [0.05, 0.1) is 31.0 Å². The summed E-state index contributed by atoms with van der Waals surface area (Å²) in [5.74, 6) is -1.43. The Hall–Kier alpha value is -4.33. The second kappa shape index (κ2) is 10.0. The standard InChI is InChI=1S/C26H23F4N7O3/c27-20-7-15(17-10-31-24(32-11-17)34-18-12-33-37(13-18)19-3-6-39-14-19)1-2-16(20)8-23(38)35-22-9-21(40-36-22)25(4-5-25)26(28,29)30/h1-2,7,9-13,19H,3-6,8,14H2,(H,31,32,34)(H,35,36,38). The third kappa shape index (κ3) is 5.13. The van der Waals surface area contributed by atoms with E-state index in [-0.39, 0.29) is 42.4 Å². The molecule has 4 aromatic rings. The third-order valence-corrected chi connectivity index (χ3v) is 7.07. The number of carbonyl (C=O) groups excluding carboxylic acids is 1. The highest BCUT2D eigenvalue weighted by Crippen LogP contribution is 2.59. The van der Waals surface area contributed by atoms with E-state index in [0.29, 0.717) is 30.3 Å². The van der Waals surface area contributed by atoms with Crippen molar-refractivity contribution < 1.29 is 31.6 Å². The molecule has 14 heteroatoms. The van der Waals surface area contributed by atoms with Crippen LogP contribution in [0.4, 0.5) is 35.0 Å². The van der Waals surface area contributed by atoms with Crippen LogP contribution in [-0.4, -0.2) is 50.2 Å². The second-order valence-corrected chi connectivity index (χ2v) is 9.83. The molecule has 40 heavy (non-hydrogen) atoms. The zero-order valence-electron chi connectivity index (χ0n) is 20.9. The molecule has 3 aromatic heterocycles. The number of nitrogens with zero attached hydrogens (tertiary/aromatic N) is 5. The molecule has 10 nitrogen and oxygen atoms in total. The largest absolute Gasteiger partial charge is 0.401 e. The van der Waals surface area contributed by atoms with Gasteiger partial charge >= 0.3 is 6.18 Å². The lowest BCUT2D eigenvalue weighted by Gasteiger charge is -2.14. The lowest BCUT2D eigenvalue weighted by atomic mass is 10.0. The maximum Gasteiger partial charge on any atom is 0.401 e. The summed E-state index contributed by atoms with van der Waals surface area (Å²) in [5, 5.41) is 13.3. The van der Waals surface area contributed by atoms with Gasteiger partial charge in [-0.1, -0.05) is 17.3 Å². The van der Waals surface area contributed by atoms with Gasteiger partial charge in [0.25, 0.3) is 0 Å². The summed E-state index contributed by atoms with van der Waals surface area (Å²) in [5.41, 5.74) is -0.152. The molecule has 0 bridgehead atoms. The lowest BCUT2D eigenvalue weighted by Crippen LogP contribution is -2.28. The monoisotopic (exact) mass is 557 g/mol. The minimum absolute atomic E-state index is 0.0941. The van der Waals surface area contributed by atoms with Crippen molar-refractivity contribution in [2.24, 2.45) is 0 Å². The summed E-state index contributed by atoms with van der Waals surface area (Å²) in [6, 6.07) is 5.61. The molecular formula is C26H23F4N7O3. The van der Waals surface area contributed by atoms with Crippen LogP contribution in [0.15, 0.2) is 53.6 Å². The zero-order valence-corrected chi connectivity index (χ0v) is 20.9. The molecule has 2 fully saturated rings. The van der Waals surface area contributed by atoms with Crippen LogP contribution in [0.1, 0.15) is 36.6 Å². The number of nitrogens with one attached hydrogen (secondary N) is 2. The Balaban J connectivity index is 1.06. The van der Waals surface area contributed by atoms with E-state index >= 15 is 0 Å². The molecule has 6 rings (SSSR count). The molecule has 0 spiro atoms. The molecular weight excluding hydrogens is 534 g/mol. The Morgan fingerprint density at radius 3 is 2.60 bits per heavy atom. The molecule has 0 radical (unpaired) electrons. The number of benzene rings is 1. The number of amides is 1. The molecule has 1 aliphatic carbocycles. The summed E-state index contributed by atoms with van der Waals surface area (Å²) in [7, 11) is 0. The summed E-state index contributed by atoms with van der Waals surface area (Å²) in [6.45, 7) is 1.34. The number of alkyl halides is 3.